The van der Waals surface area contributed by atoms with Crippen molar-refractivity contribution in [3.8, 4) is 6.07 Å². The van der Waals surface area contributed by atoms with Crippen LogP contribution in [0.3, 0.4) is 0 Å². The van der Waals surface area contributed by atoms with E-state index in [9.17, 15) is 0 Å². The van der Waals surface area contributed by atoms with Crippen LogP contribution in [0.2, 0.25) is 0 Å². The van der Waals surface area contributed by atoms with Crippen LogP contribution in [0.15, 0.2) is 24.3 Å². The Labute approximate surface area is 96.5 Å². The molecule has 0 aromatic heterocycles. The first kappa shape index (κ1) is 9.86. The number of hydrogen-bond acceptors (Lipinski definition) is 2. The van der Waals surface area contributed by atoms with Crippen molar-refractivity contribution in [2.24, 2.45) is 11.8 Å². The second kappa shape index (κ2) is 3.92. The molecule has 1 aliphatic carbocycles. The van der Waals surface area contributed by atoms with Crippen molar-refractivity contribution in [1.82, 2.24) is 4.90 Å². The molecule has 2 nitrogen and oxygen atoms in total. The average Bonchev–Trinajstić information content (AvgIpc) is 2.94. The standard InChI is InChI=1S/C14H16N2/c15-8-12-3-1-2-11(6-12)4-5-16-9-13-7-14(13)10-16/h1-3,6,13-14H,4-5,7,9-10H2. The molecule has 16 heavy (non-hydrogen) atoms. The van der Waals surface area contributed by atoms with E-state index in [1.165, 1.54) is 25.1 Å². The third kappa shape index (κ3) is 1.96. The van der Waals surface area contributed by atoms with E-state index >= 15 is 0 Å². The summed E-state index contributed by atoms with van der Waals surface area (Å²) in [5, 5.41) is 8.82. The van der Waals surface area contributed by atoms with Gasteiger partial charge in [0.2, 0.25) is 0 Å². The van der Waals surface area contributed by atoms with Gasteiger partial charge < -0.3 is 4.90 Å². The number of fused-ring (bicyclic) bond motifs is 1. The Kier molecular flexibility index (Phi) is 2.41. The summed E-state index contributed by atoms with van der Waals surface area (Å²) in [6.45, 7) is 3.77. The normalized spacial score (nSPS) is 27.4. The van der Waals surface area contributed by atoms with Gasteiger partial charge in [0.25, 0.3) is 0 Å². The van der Waals surface area contributed by atoms with Crippen molar-refractivity contribution in [3.63, 3.8) is 0 Å². The minimum absolute atomic E-state index is 0.779. The molecule has 0 bridgehead atoms. The van der Waals surface area contributed by atoms with E-state index in [1.54, 1.807) is 0 Å². The molecule has 0 amide bonds. The maximum Gasteiger partial charge on any atom is 0.0991 e. The summed E-state index contributed by atoms with van der Waals surface area (Å²) in [6, 6.07) is 10.2. The summed E-state index contributed by atoms with van der Waals surface area (Å²) in [7, 11) is 0. The van der Waals surface area contributed by atoms with E-state index in [4.69, 9.17) is 5.26 Å². The highest BCUT2D eigenvalue weighted by atomic mass is 15.2. The summed E-state index contributed by atoms with van der Waals surface area (Å²) in [5.74, 6) is 2.04. The van der Waals surface area contributed by atoms with E-state index in [-0.39, 0.29) is 0 Å². The van der Waals surface area contributed by atoms with Gasteiger partial charge in [0.05, 0.1) is 11.6 Å². The summed E-state index contributed by atoms with van der Waals surface area (Å²) in [4.78, 5) is 2.57. The summed E-state index contributed by atoms with van der Waals surface area (Å²) < 4.78 is 0. The van der Waals surface area contributed by atoms with Crippen molar-refractivity contribution in [3.05, 3.63) is 35.4 Å². The number of benzene rings is 1. The number of nitriles is 1. The van der Waals surface area contributed by atoms with Gasteiger partial charge in [-0.3, -0.25) is 0 Å². The Morgan fingerprint density at radius 3 is 2.88 bits per heavy atom. The number of likely N-dealkylation sites (tertiary alicyclic amines) is 1. The molecule has 1 heterocycles. The van der Waals surface area contributed by atoms with Crippen LogP contribution in [0.4, 0.5) is 0 Å². The largest absolute Gasteiger partial charge is 0.302 e. The zero-order valence-electron chi connectivity index (χ0n) is 9.39. The number of piperidine rings is 1. The highest BCUT2D eigenvalue weighted by Crippen LogP contribution is 2.44. The molecule has 2 heteroatoms. The maximum absolute atomic E-state index is 8.82. The van der Waals surface area contributed by atoms with Gasteiger partial charge >= 0.3 is 0 Å². The fraction of sp³-hybridized carbons (Fsp3) is 0.500. The topological polar surface area (TPSA) is 27.0 Å². The second-order valence-corrected chi connectivity index (χ2v) is 5.08. The first-order valence-corrected chi connectivity index (χ1v) is 6.06. The van der Waals surface area contributed by atoms with Crippen LogP contribution in [0.25, 0.3) is 0 Å². The monoisotopic (exact) mass is 212 g/mol. The Morgan fingerprint density at radius 1 is 1.31 bits per heavy atom. The van der Waals surface area contributed by atoms with E-state index in [1.807, 2.05) is 18.2 Å². The molecular weight excluding hydrogens is 196 g/mol. The summed E-state index contributed by atoms with van der Waals surface area (Å²) in [5.41, 5.74) is 2.07. The molecule has 2 fully saturated rings. The average molecular weight is 212 g/mol. The van der Waals surface area contributed by atoms with E-state index < -0.39 is 0 Å². The molecule has 0 spiro atoms. The highest BCUT2D eigenvalue weighted by molar-refractivity contribution is 5.32. The molecule has 1 aliphatic heterocycles. The smallest absolute Gasteiger partial charge is 0.0991 e. The molecule has 2 unspecified atom stereocenters. The zero-order valence-corrected chi connectivity index (χ0v) is 9.39. The predicted octanol–water partition coefficient (Wildman–Crippen LogP) is 2.05. The second-order valence-electron chi connectivity index (χ2n) is 5.08. The van der Waals surface area contributed by atoms with E-state index in [0.717, 1.165) is 30.4 Å². The molecule has 3 rings (SSSR count). The Bertz CT molecular complexity index is 423. The van der Waals surface area contributed by atoms with Gasteiger partial charge in [0.15, 0.2) is 0 Å². The van der Waals surface area contributed by atoms with Gasteiger partial charge in [-0.15, -0.1) is 0 Å². The first-order valence-electron chi connectivity index (χ1n) is 6.06. The van der Waals surface area contributed by atoms with Crippen molar-refractivity contribution in [1.29, 1.82) is 5.26 Å². The number of nitrogens with zero attached hydrogens (tertiary/aromatic N) is 2. The van der Waals surface area contributed by atoms with Crippen LogP contribution in [-0.4, -0.2) is 24.5 Å². The van der Waals surface area contributed by atoms with E-state index in [0.29, 0.717) is 0 Å². The van der Waals surface area contributed by atoms with E-state index in [2.05, 4.69) is 17.0 Å². The van der Waals surface area contributed by atoms with Gasteiger partial charge in [-0.25, -0.2) is 0 Å². The van der Waals surface area contributed by atoms with Crippen molar-refractivity contribution in [2.75, 3.05) is 19.6 Å². The lowest BCUT2D eigenvalue weighted by atomic mass is 10.1. The number of hydrogen-bond donors (Lipinski definition) is 0. The zero-order chi connectivity index (χ0) is 11.0. The summed E-state index contributed by atoms with van der Waals surface area (Å²) in [6.07, 6.45) is 2.55. The quantitative estimate of drug-likeness (QED) is 0.766. The van der Waals surface area contributed by atoms with Gasteiger partial charge in [-0.1, -0.05) is 12.1 Å². The van der Waals surface area contributed by atoms with Gasteiger partial charge in [0, 0.05) is 19.6 Å². The lowest BCUT2D eigenvalue weighted by Gasteiger charge is -2.16. The highest BCUT2D eigenvalue weighted by Gasteiger charge is 2.44. The van der Waals surface area contributed by atoms with Crippen LogP contribution in [0.1, 0.15) is 17.5 Å². The Hall–Kier alpha value is -1.33. The van der Waals surface area contributed by atoms with Gasteiger partial charge in [-0.2, -0.15) is 5.26 Å². The lowest BCUT2D eigenvalue weighted by Crippen LogP contribution is -2.25. The third-order valence-electron chi connectivity index (χ3n) is 3.83. The van der Waals surface area contributed by atoms with Crippen LogP contribution in [-0.2, 0) is 6.42 Å². The molecule has 2 aliphatic rings. The minimum Gasteiger partial charge on any atom is -0.302 e. The van der Waals surface area contributed by atoms with Crippen molar-refractivity contribution >= 4 is 0 Å². The van der Waals surface area contributed by atoms with Gasteiger partial charge in [-0.05, 0) is 42.4 Å². The van der Waals surface area contributed by atoms with Crippen molar-refractivity contribution in [2.45, 2.75) is 12.8 Å². The van der Waals surface area contributed by atoms with Crippen LogP contribution in [0.5, 0.6) is 0 Å². The van der Waals surface area contributed by atoms with Gasteiger partial charge in [0.1, 0.15) is 0 Å². The molecule has 0 N–H and O–H groups in total. The molecule has 0 radical (unpaired) electrons. The fourth-order valence-corrected chi connectivity index (χ4v) is 2.76. The van der Waals surface area contributed by atoms with Crippen molar-refractivity contribution < 1.29 is 0 Å². The molecule has 1 aromatic rings. The predicted molar refractivity (Wildman–Crippen MR) is 62.9 cm³/mol. The van der Waals surface area contributed by atoms with Crippen LogP contribution >= 0.6 is 0 Å². The molecule has 1 saturated carbocycles. The lowest BCUT2D eigenvalue weighted by molar-refractivity contribution is 0.309. The molecule has 1 aromatic carbocycles. The first-order chi connectivity index (χ1) is 7.85. The maximum atomic E-state index is 8.82. The number of rotatable bonds is 3. The van der Waals surface area contributed by atoms with Crippen LogP contribution in [0, 0.1) is 23.2 Å². The summed E-state index contributed by atoms with van der Waals surface area (Å²) >= 11 is 0. The molecule has 1 saturated heterocycles. The molecule has 2 atom stereocenters. The Balaban J connectivity index is 1.55. The Morgan fingerprint density at radius 2 is 2.12 bits per heavy atom. The molecular formula is C14H16N2. The van der Waals surface area contributed by atoms with Crippen LogP contribution < -0.4 is 0 Å². The fourth-order valence-electron chi connectivity index (χ4n) is 2.76. The SMILES string of the molecule is N#Cc1cccc(CCN2CC3CC3C2)c1. The third-order valence-corrected chi connectivity index (χ3v) is 3.83. The molecule has 82 valence electrons. The minimum atomic E-state index is 0.779.